The summed E-state index contributed by atoms with van der Waals surface area (Å²) in [5.74, 6) is 1.28. The van der Waals surface area contributed by atoms with E-state index in [2.05, 4.69) is 15.3 Å². The van der Waals surface area contributed by atoms with E-state index in [9.17, 15) is 0 Å². The molecule has 15 heavy (non-hydrogen) atoms. The van der Waals surface area contributed by atoms with Crippen LogP contribution in [0.15, 0.2) is 29.1 Å². The molecular formula is C10H10ClN3O. The van der Waals surface area contributed by atoms with Crippen molar-refractivity contribution in [2.45, 2.75) is 6.92 Å². The highest BCUT2D eigenvalue weighted by molar-refractivity contribution is 6.29. The summed E-state index contributed by atoms with van der Waals surface area (Å²) in [5.41, 5.74) is 0.816. The zero-order valence-electron chi connectivity index (χ0n) is 8.20. The molecule has 2 aromatic rings. The molecule has 0 atom stereocenters. The number of aromatic nitrogens is 2. The first kappa shape index (κ1) is 9.98. The van der Waals surface area contributed by atoms with Crippen LogP contribution in [0, 0.1) is 0 Å². The summed E-state index contributed by atoms with van der Waals surface area (Å²) in [7, 11) is 0. The quantitative estimate of drug-likeness (QED) is 0.813. The minimum Gasteiger partial charge on any atom is -0.472 e. The molecule has 0 bridgehead atoms. The first-order valence-corrected chi connectivity index (χ1v) is 4.98. The Morgan fingerprint density at radius 1 is 1.47 bits per heavy atom. The topological polar surface area (TPSA) is 51.0 Å². The van der Waals surface area contributed by atoms with Gasteiger partial charge < -0.3 is 9.73 Å². The summed E-state index contributed by atoms with van der Waals surface area (Å²) in [5, 5.41) is 3.50. The number of hydrogen-bond acceptors (Lipinski definition) is 4. The van der Waals surface area contributed by atoms with Crippen LogP contribution in [-0.2, 0) is 0 Å². The number of anilines is 1. The predicted molar refractivity (Wildman–Crippen MR) is 58.9 cm³/mol. The van der Waals surface area contributed by atoms with Crippen LogP contribution in [0.4, 0.5) is 5.82 Å². The lowest BCUT2D eigenvalue weighted by Gasteiger charge is -2.04. The molecule has 1 N–H and O–H groups in total. The maximum absolute atomic E-state index is 5.88. The van der Waals surface area contributed by atoms with Crippen molar-refractivity contribution in [3.05, 3.63) is 29.8 Å². The van der Waals surface area contributed by atoms with Gasteiger partial charge in [0.05, 0.1) is 11.8 Å². The molecule has 0 saturated heterocycles. The number of furan rings is 1. The van der Waals surface area contributed by atoms with Gasteiger partial charge in [-0.25, -0.2) is 9.97 Å². The van der Waals surface area contributed by atoms with E-state index in [4.69, 9.17) is 16.0 Å². The molecule has 0 aliphatic carbocycles. The van der Waals surface area contributed by atoms with Crippen molar-refractivity contribution in [2.75, 3.05) is 11.9 Å². The van der Waals surface area contributed by atoms with E-state index in [1.54, 1.807) is 24.7 Å². The molecule has 0 fully saturated rings. The van der Waals surface area contributed by atoms with Gasteiger partial charge in [0.2, 0.25) is 0 Å². The van der Waals surface area contributed by atoms with Crippen molar-refractivity contribution in [3.63, 3.8) is 0 Å². The standard InChI is InChI=1S/C10H10ClN3O/c1-2-12-9-5-8(11)13-10(14-9)7-3-4-15-6-7/h3-6H,2H2,1H3,(H,12,13,14). The smallest absolute Gasteiger partial charge is 0.166 e. The van der Waals surface area contributed by atoms with Gasteiger partial charge in [0.1, 0.15) is 17.2 Å². The second kappa shape index (κ2) is 4.31. The van der Waals surface area contributed by atoms with Gasteiger partial charge in [0.15, 0.2) is 5.82 Å². The van der Waals surface area contributed by atoms with E-state index in [0.717, 1.165) is 12.1 Å². The monoisotopic (exact) mass is 223 g/mol. The summed E-state index contributed by atoms with van der Waals surface area (Å²) in [6, 6.07) is 3.48. The fourth-order valence-corrected chi connectivity index (χ4v) is 1.39. The van der Waals surface area contributed by atoms with Gasteiger partial charge in [-0.05, 0) is 13.0 Å². The molecule has 0 saturated carbocycles. The number of nitrogens with zero attached hydrogens (tertiary/aromatic N) is 2. The molecule has 2 rings (SSSR count). The molecule has 0 radical (unpaired) electrons. The van der Waals surface area contributed by atoms with Crippen molar-refractivity contribution in [2.24, 2.45) is 0 Å². The average molecular weight is 224 g/mol. The lowest BCUT2D eigenvalue weighted by molar-refractivity contribution is 0.568. The third kappa shape index (κ3) is 2.27. The van der Waals surface area contributed by atoms with Gasteiger partial charge in [0, 0.05) is 12.6 Å². The van der Waals surface area contributed by atoms with Gasteiger partial charge in [-0.3, -0.25) is 0 Å². The van der Waals surface area contributed by atoms with Crippen molar-refractivity contribution >= 4 is 17.4 Å². The average Bonchev–Trinajstić information content (AvgIpc) is 2.70. The highest BCUT2D eigenvalue weighted by Crippen LogP contribution is 2.20. The minimum absolute atomic E-state index is 0.414. The maximum atomic E-state index is 5.88. The Labute approximate surface area is 92.3 Å². The highest BCUT2D eigenvalue weighted by atomic mass is 35.5. The molecule has 2 heterocycles. The first-order chi connectivity index (χ1) is 7.29. The summed E-state index contributed by atoms with van der Waals surface area (Å²) >= 11 is 5.88. The van der Waals surface area contributed by atoms with Crippen LogP contribution in [0.3, 0.4) is 0 Å². The molecule has 0 aromatic carbocycles. The van der Waals surface area contributed by atoms with Gasteiger partial charge in [-0.15, -0.1) is 0 Å². The molecule has 0 spiro atoms. The SMILES string of the molecule is CCNc1cc(Cl)nc(-c2ccoc2)n1. The first-order valence-electron chi connectivity index (χ1n) is 4.60. The van der Waals surface area contributed by atoms with E-state index in [0.29, 0.717) is 16.8 Å². The van der Waals surface area contributed by atoms with Crippen LogP contribution in [-0.4, -0.2) is 16.5 Å². The second-order valence-corrected chi connectivity index (χ2v) is 3.33. The summed E-state index contributed by atoms with van der Waals surface area (Å²) in [4.78, 5) is 8.41. The maximum Gasteiger partial charge on any atom is 0.166 e. The largest absolute Gasteiger partial charge is 0.472 e. The Kier molecular flexibility index (Phi) is 2.87. The van der Waals surface area contributed by atoms with Crippen molar-refractivity contribution in [3.8, 4) is 11.4 Å². The normalized spacial score (nSPS) is 10.3. The Bertz CT molecular complexity index is 442. The molecule has 0 aliphatic rings. The third-order valence-corrected chi connectivity index (χ3v) is 2.03. The Balaban J connectivity index is 2.40. The van der Waals surface area contributed by atoms with Crippen LogP contribution in [0.25, 0.3) is 11.4 Å². The van der Waals surface area contributed by atoms with Gasteiger partial charge in [0.25, 0.3) is 0 Å². The summed E-state index contributed by atoms with van der Waals surface area (Å²) in [6.07, 6.45) is 3.16. The number of halogens is 1. The van der Waals surface area contributed by atoms with Crippen LogP contribution in [0.1, 0.15) is 6.92 Å². The fourth-order valence-electron chi connectivity index (χ4n) is 1.21. The Morgan fingerprint density at radius 2 is 2.33 bits per heavy atom. The molecular weight excluding hydrogens is 214 g/mol. The van der Waals surface area contributed by atoms with Crippen LogP contribution in [0.2, 0.25) is 5.15 Å². The minimum atomic E-state index is 0.414. The number of nitrogens with one attached hydrogen (secondary N) is 1. The molecule has 5 heteroatoms. The van der Waals surface area contributed by atoms with Gasteiger partial charge in [-0.1, -0.05) is 11.6 Å². The summed E-state index contributed by atoms with van der Waals surface area (Å²) in [6.45, 7) is 2.78. The molecule has 0 unspecified atom stereocenters. The number of rotatable bonds is 3. The van der Waals surface area contributed by atoms with Crippen molar-refractivity contribution < 1.29 is 4.42 Å². The highest BCUT2D eigenvalue weighted by Gasteiger charge is 2.06. The predicted octanol–water partition coefficient (Wildman–Crippen LogP) is 2.82. The lowest BCUT2D eigenvalue weighted by atomic mass is 10.3. The fraction of sp³-hybridized carbons (Fsp3) is 0.200. The lowest BCUT2D eigenvalue weighted by Crippen LogP contribution is -2.01. The third-order valence-electron chi connectivity index (χ3n) is 1.83. The van der Waals surface area contributed by atoms with E-state index in [1.165, 1.54) is 0 Å². The Morgan fingerprint density at radius 3 is 3.00 bits per heavy atom. The molecule has 4 nitrogen and oxygen atoms in total. The molecule has 0 aliphatic heterocycles. The van der Waals surface area contributed by atoms with E-state index in [-0.39, 0.29) is 0 Å². The van der Waals surface area contributed by atoms with Crippen LogP contribution in [0.5, 0.6) is 0 Å². The van der Waals surface area contributed by atoms with Crippen molar-refractivity contribution in [1.29, 1.82) is 0 Å². The van der Waals surface area contributed by atoms with E-state index < -0.39 is 0 Å². The van der Waals surface area contributed by atoms with Crippen LogP contribution >= 0.6 is 11.6 Å². The molecule has 78 valence electrons. The molecule has 0 amide bonds. The van der Waals surface area contributed by atoms with Crippen LogP contribution < -0.4 is 5.32 Å². The summed E-state index contributed by atoms with van der Waals surface area (Å²) < 4.78 is 4.97. The van der Waals surface area contributed by atoms with Crippen molar-refractivity contribution in [1.82, 2.24) is 9.97 Å². The van der Waals surface area contributed by atoms with E-state index in [1.807, 2.05) is 6.92 Å². The zero-order valence-corrected chi connectivity index (χ0v) is 8.95. The zero-order chi connectivity index (χ0) is 10.7. The number of hydrogen-bond donors (Lipinski definition) is 1. The Hall–Kier alpha value is -1.55. The van der Waals surface area contributed by atoms with Gasteiger partial charge >= 0.3 is 0 Å². The van der Waals surface area contributed by atoms with E-state index >= 15 is 0 Å². The second-order valence-electron chi connectivity index (χ2n) is 2.94. The molecule has 2 aromatic heterocycles. The van der Waals surface area contributed by atoms with Gasteiger partial charge in [-0.2, -0.15) is 0 Å².